The molecule has 8 nitrogen and oxygen atoms in total. The lowest BCUT2D eigenvalue weighted by Gasteiger charge is -2.22. The highest BCUT2D eigenvalue weighted by Gasteiger charge is 2.20. The molecule has 0 saturated carbocycles. The maximum absolute atomic E-state index is 13.3. The zero-order valence-corrected chi connectivity index (χ0v) is 19.1. The standard InChI is InChI=1S/C26H24N6O2/c1-17-4-6-20(7-5-17)21-12-22(26(34)31-18(2)24-15-27-10-11-29-24)14-23(13-21)32(19(3)33)25-8-9-28-16-30-25/h4-16,18H,1-3H3,(H,31,34). The van der Waals surface area contributed by atoms with Crippen molar-refractivity contribution in [3.05, 3.63) is 96.5 Å². The Morgan fingerprint density at radius 3 is 2.35 bits per heavy atom. The summed E-state index contributed by atoms with van der Waals surface area (Å²) in [5, 5.41) is 2.96. The normalized spacial score (nSPS) is 11.5. The molecule has 8 heteroatoms. The van der Waals surface area contributed by atoms with Gasteiger partial charge in [-0.2, -0.15) is 0 Å². The Labute approximate surface area is 197 Å². The number of carbonyl (C=O) groups is 2. The highest BCUT2D eigenvalue weighted by Crippen LogP contribution is 2.31. The minimum Gasteiger partial charge on any atom is -0.344 e. The van der Waals surface area contributed by atoms with Gasteiger partial charge in [0, 0.05) is 31.1 Å². The van der Waals surface area contributed by atoms with Crippen LogP contribution in [0, 0.1) is 6.92 Å². The van der Waals surface area contributed by atoms with Gasteiger partial charge in [0.25, 0.3) is 5.91 Å². The zero-order valence-electron chi connectivity index (χ0n) is 19.1. The average Bonchev–Trinajstić information content (AvgIpc) is 2.85. The van der Waals surface area contributed by atoms with Gasteiger partial charge in [0.2, 0.25) is 5.91 Å². The van der Waals surface area contributed by atoms with Gasteiger partial charge >= 0.3 is 0 Å². The number of anilines is 2. The van der Waals surface area contributed by atoms with Gasteiger partial charge in [0.05, 0.1) is 23.6 Å². The van der Waals surface area contributed by atoms with E-state index >= 15 is 0 Å². The summed E-state index contributed by atoms with van der Waals surface area (Å²) in [6, 6.07) is 14.6. The molecule has 2 heterocycles. The van der Waals surface area contributed by atoms with E-state index in [9.17, 15) is 9.59 Å². The molecule has 0 spiro atoms. The van der Waals surface area contributed by atoms with Crippen LogP contribution in [0.15, 0.2) is 79.6 Å². The van der Waals surface area contributed by atoms with E-state index in [2.05, 4.69) is 25.3 Å². The van der Waals surface area contributed by atoms with Gasteiger partial charge in [-0.15, -0.1) is 0 Å². The monoisotopic (exact) mass is 452 g/mol. The van der Waals surface area contributed by atoms with Crippen LogP contribution in [0.1, 0.15) is 41.5 Å². The van der Waals surface area contributed by atoms with Crippen LogP contribution >= 0.6 is 0 Å². The molecular formula is C26H24N6O2. The van der Waals surface area contributed by atoms with Crippen LogP contribution in [0.5, 0.6) is 0 Å². The number of hydrogen-bond acceptors (Lipinski definition) is 6. The molecule has 2 aromatic heterocycles. The SMILES string of the molecule is CC(=O)N(c1cc(C(=O)NC(C)c2cnccn2)cc(-c2ccc(C)cc2)c1)c1ccncn1. The lowest BCUT2D eigenvalue weighted by Crippen LogP contribution is -2.28. The van der Waals surface area contributed by atoms with Crippen molar-refractivity contribution in [1.82, 2.24) is 25.3 Å². The first-order valence-corrected chi connectivity index (χ1v) is 10.8. The number of amides is 2. The third-order valence-corrected chi connectivity index (χ3v) is 5.31. The molecule has 2 amide bonds. The summed E-state index contributed by atoms with van der Waals surface area (Å²) in [6.07, 6.45) is 7.73. The Kier molecular flexibility index (Phi) is 6.68. The summed E-state index contributed by atoms with van der Waals surface area (Å²) >= 11 is 0. The summed E-state index contributed by atoms with van der Waals surface area (Å²) in [6.45, 7) is 5.31. The van der Waals surface area contributed by atoms with E-state index in [-0.39, 0.29) is 17.9 Å². The van der Waals surface area contributed by atoms with E-state index in [0.717, 1.165) is 16.7 Å². The minimum atomic E-state index is -0.349. The molecule has 1 N–H and O–H groups in total. The van der Waals surface area contributed by atoms with Gasteiger partial charge in [-0.3, -0.25) is 24.5 Å². The van der Waals surface area contributed by atoms with Crippen LogP contribution in [0.25, 0.3) is 11.1 Å². The lowest BCUT2D eigenvalue weighted by molar-refractivity contribution is -0.115. The molecule has 2 aromatic carbocycles. The van der Waals surface area contributed by atoms with E-state index in [4.69, 9.17) is 0 Å². The van der Waals surface area contributed by atoms with Gasteiger partial charge in [-0.05, 0) is 49.2 Å². The summed E-state index contributed by atoms with van der Waals surface area (Å²) in [5.41, 5.74) is 4.44. The molecular weight excluding hydrogens is 428 g/mol. The second-order valence-corrected chi connectivity index (χ2v) is 7.88. The van der Waals surface area contributed by atoms with E-state index in [1.165, 1.54) is 18.2 Å². The number of rotatable bonds is 6. The Balaban J connectivity index is 1.77. The maximum atomic E-state index is 13.3. The Bertz CT molecular complexity index is 1290. The molecule has 0 aliphatic carbocycles. The van der Waals surface area contributed by atoms with Gasteiger partial charge in [-0.1, -0.05) is 29.8 Å². The lowest BCUT2D eigenvalue weighted by atomic mass is 10.00. The van der Waals surface area contributed by atoms with Gasteiger partial charge in [0.1, 0.15) is 12.1 Å². The quantitative estimate of drug-likeness (QED) is 0.465. The predicted octanol–water partition coefficient (Wildman–Crippen LogP) is 4.42. The number of hydrogen-bond donors (Lipinski definition) is 1. The molecule has 34 heavy (non-hydrogen) atoms. The fourth-order valence-corrected chi connectivity index (χ4v) is 3.56. The van der Waals surface area contributed by atoms with Crippen molar-refractivity contribution in [3.63, 3.8) is 0 Å². The van der Waals surface area contributed by atoms with Crippen LogP contribution in [0.4, 0.5) is 11.5 Å². The molecule has 0 saturated heterocycles. The van der Waals surface area contributed by atoms with Gasteiger partial charge < -0.3 is 5.32 Å². The average molecular weight is 453 g/mol. The zero-order chi connectivity index (χ0) is 24.1. The molecule has 4 aromatic rings. The summed E-state index contributed by atoms with van der Waals surface area (Å²) in [7, 11) is 0. The fourth-order valence-electron chi connectivity index (χ4n) is 3.56. The van der Waals surface area contributed by atoms with Gasteiger partial charge in [-0.25, -0.2) is 9.97 Å². The highest BCUT2D eigenvalue weighted by molar-refractivity contribution is 6.02. The minimum absolute atomic E-state index is 0.237. The van der Waals surface area contributed by atoms with Crippen LogP contribution in [-0.2, 0) is 4.79 Å². The second-order valence-electron chi connectivity index (χ2n) is 7.88. The van der Waals surface area contributed by atoms with Crippen molar-refractivity contribution in [2.75, 3.05) is 4.90 Å². The molecule has 1 atom stereocenters. The molecule has 1 unspecified atom stereocenters. The Hall–Kier alpha value is -4.46. The first-order valence-electron chi connectivity index (χ1n) is 10.8. The number of aryl methyl sites for hydroxylation is 1. The van der Waals surface area contributed by atoms with Crippen LogP contribution < -0.4 is 10.2 Å². The molecule has 0 fully saturated rings. The number of carbonyl (C=O) groups excluding carboxylic acids is 2. The number of benzene rings is 2. The van der Waals surface area contributed by atoms with Crippen LogP contribution in [0.2, 0.25) is 0 Å². The largest absolute Gasteiger partial charge is 0.344 e. The molecule has 0 aliphatic rings. The van der Waals surface area contributed by atoms with Crippen molar-refractivity contribution in [2.45, 2.75) is 26.8 Å². The van der Waals surface area contributed by atoms with Crippen LogP contribution in [0.3, 0.4) is 0 Å². The Morgan fingerprint density at radius 1 is 0.912 bits per heavy atom. The van der Waals surface area contributed by atoms with Crippen molar-refractivity contribution in [2.24, 2.45) is 0 Å². The molecule has 4 rings (SSSR count). The first-order chi connectivity index (χ1) is 16.4. The first kappa shape index (κ1) is 22.7. The van der Waals surface area contributed by atoms with Crippen molar-refractivity contribution < 1.29 is 9.59 Å². The topological polar surface area (TPSA) is 101 Å². The second kappa shape index (κ2) is 9.99. The molecule has 0 aliphatic heterocycles. The maximum Gasteiger partial charge on any atom is 0.251 e. The summed E-state index contributed by atoms with van der Waals surface area (Å²) in [4.78, 5) is 43.8. The van der Waals surface area contributed by atoms with Crippen molar-refractivity contribution in [1.29, 1.82) is 0 Å². The van der Waals surface area contributed by atoms with E-state index in [0.29, 0.717) is 22.8 Å². The molecule has 0 radical (unpaired) electrons. The van der Waals surface area contributed by atoms with E-state index < -0.39 is 0 Å². The predicted molar refractivity (Wildman–Crippen MR) is 129 cm³/mol. The van der Waals surface area contributed by atoms with E-state index in [1.807, 2.05) is 50.2 Å². The van der Waals surface area contributed by atoms with Crippen molar-refractivity contribution in [3.8, 4) is 11.1 Å². The smallest absolute Gasteiger partial charge is 0.251 e. The third-order valence-electron chi connectivity index (χ3n) is 5.31. The molecule has 0 bridgehead atoms. The van der Waals surface area contributed by atoms with E-state index in [1.54, 1.807) is 36.9 Å². The highest BCUT2D eigenvalue weighted by atomic mass is 16.2. The fraction of sp³-hybridized carbons (Fsp3) is 0.154. The number of nitrogens with one attached hydrogen (secondary N) is 1. The summed E-state index contributed by atoms with van der Waals surface area (Å²) < 4.78 is 0. The van der Waals surface area contributed by atoms with Crippen LogP contribution in [-0.4, -0.2) is 31.8 Å². The Morgan fingerprint density at radius 2 is 1.71 bits per heavy atom. The number of aromatic nitrogens is 4. The number of nitrogens with zero attached hydrogens (tertiary/aromatic N) is 5. The third kappa shape index (κ3) is 5.12. The molecule has 170 valence electrons. The summed E-state index contributed by atoms with van der Waals surface area (Å²) in [5.74, 6) is -0.110. The van der Waals surface area contributed by atoms with Crippen molar-refractivity contribution >= 4 is 23.3 Å². The van der Waals surface area contributed by atoms with Gasteiger partial charge in [0.15, 0.2) is 0 Å².